The minimum atomic E-state index is -1.27. The molecule has 7 aromatic rings. The third-order valence-electron chi connectivity index (χ3n) is 9.56. The van der Waals surface area contributed by atoms with E-state index in [0.29, 0.717) is 5.92 Å². The Balaban J connectivity index is 0.000000198. The molecular formula is C44H42IrN2OSi-2. The Morgan fingerprint density at radius 3 is 2.24 bits per heavy atom. The van der Waals surface area contributed by atoms with Crippen LogP contribution in [0.2, 0.25) is 19.6 Å². The molecule has 4 aromatic carbocycles. The van der Waals surface area contributed by atoms with Crippen LogP contribution in [-0.4, -0.2) is 18.0 Å². The molecule has 1 saturated carbocycles. The molecule has 1 aliphatic rings. The second-order valence-electron chi connectivity index (χ2n) is 14.0. The number of hydrogen-bond donors (Lipinski definition) is 0. The second-order valence-corrected chi connectivity index (χ2v) is 19.0. The van der Waals surface area contributed by atoms with Crippen molar-refractivity contribution in [1.82, 2.24) is 9.97 Å². The molecule has 8 rings (SSSR count). The van der Waals surface area contributed by atoms with Gasteiger partial charge in [0, 0.05) is 37.9 Å². The van der Waals surface area contributed by atoms with Gasteiger partial charge in [-0.15, -0.1) is 54.1 Å². The van der Waals surface area contributed by atoms with E-state index in [1.54, 1.807) is 0 Å². The van der Waals surface area contributed by atoms with Crippen LogP contribution in [0.25, 0.3) is 55.6 Å². The van der Waals surface area contributed by atoms with Crippen LogP contribution < -0.4 is 5.19 Å². The van der Waals surface area contributed by atoms with Crippen LogP contribution in [0.4, 0.5) is 0 Å². The number of aromatic nitrogens is 2. The predicted molar refractivity (Wildman–Crippen MR) is 203 cm³/mol. The third kappa shape index (κ3) is 7.70. The summed E-state index contributed by atoms with van der Waals surface area (Å²) in [6.07, 6.45) is 10.6. The first-order valence-electron chi connectivity index (χ1n) is 17.2. The van der Waals surface area contributed by atoms with E-state index in [1.165, 1.54) is 54.0 Å². The van der Waals surface area contributed by atoms with Gasteiger partial charge in [0.1, 0.15) is 5.58 Å². The van der Waals surface area contributed by atoms with E-state index >= 15 is 0 Å². The Labute approximate surface area is 305 Å². The Bertz CT molecular complexity index is 2160. The van der Waals surface area contributed by atoms with E-state index in [0.717, 1.165) is 50.0 Å². The van der Waals surface area contributed by atoms with Crippen molar-refractivity contribution in [1.29, 1.82) is 0 Å². The SMILES string of the molecule is Cc1cc(-c2[c-]cccc2)ncc1[Si](C)(C)C.[Ir].[c-]1ccc2c(oc3cc(-c4ccccc4)ccc32)c1-c1cc(C2CCCCC2)ccn1. The summed E-state index contributed by atoms with van der Waals surface area (Å²) >= 11 is 0. The van der Waals surface area contributed by atoms with E-state index in [2.05, 4.69) is 123 Å². The molecule has 0 spiro atoms. The zero-order valence-electron chi connectivity index (χ0n) is 28.7. The Morgan fingerprint density at radius 1 is 0.714 bits per heavy atom. The molecular weight excluding hydrogens is 793 g/mol. The summed E-state index contributed by atoms with van der Waals surface area (Å²) in [5.74, 6) is 0.652. The van der Waals surface area contributed by atoms with Crippen molar-refractivity contribution < 1.29 is 24.5 Å². The summed E-state index contributed by atoms with van der Waals surface area (Å²) in [6, 6.07) is 42.2. The van der Waals surface area contributed by atoms with Crippen LogP contribution in [0.3, 0.4) is 0 Å². The van der Waals surface area contributed by atoms with Crippen LogP contribution in [0.1, 0.15) is 49.1 Å². The molecule has 249 valence electrons. The number of benzene rings is 4. The number of pyridine rings is 2. The van der Waals surface area contributed by atoms with Gasteiger partial charge in [-0.3, -0.25) is 0 Å². The smallest absolute Gasteiger partial charge is 0.121 e. The van der Waals surface area contributed by atoms with Crippen molar-refractivity contribution in [2.24, 2.45) is 0 Å². The molecule has 0 bridgehead atoms. The van der Waals surface area contributed by atoms with Gasteiger partial charge in [0.25, 0.3) is 0 Å². The van der Waals surface area contributed by atoms with Gasteiger partial charge in [0.15, 0.2) is 0 Å². The van der Waals surface area contributed by atoms with Crippen LogP contribution in [0.5, 0.6) is 0 Å². The van der Waals surface area contributed by atoms with Crippen LogP contribution in [0, 0.1) is 19.1 Å². The molecule has 3 aromatic heterocycles. The first-order chi connectivity index (χ1) is 23.3. The largest absolute Gasteiger partial charge is 0.501 e. The normalized spacial score (nSPS) is 13.5. The van der Waals surface area contributed by atoms with Gasteiger partial charge < -0.3 is 14.4 Å². The summed E-state index contributed by atoms with van der Waals surface area (Å²) in [7, 11) is -1.27. The molecule has 3 heterocycles. The number of rotatable bonds is 5. The van der Waals surface area contributed by atoms with Crippen molar-refractivity contribution >= 4 is 35.2 Å². The number of nitrogens with zero attached hydrogens (tertiary/aromatic N) is 2. The average Bonchev–Trinajstić information content (AvgIpc) is 3.51. The summed E-state index contributed by atoms with van der Waals surface area (Å²) in [4.78, 5) is 9.28. The maximum atomic E-state index is 6.41. The number of furan rings is 1. The van der Waals surface area contributed by atoms with Gasteiger partial charge in [-0.1, -0.05) is 116 Å². The second kappa shape index (κ2) is 15.2. The van der Waals surface area contributed by atoms with Crippen molar-refractivity contribution in [3.8, 4) is 33.6 Å². The number of aryl methyl sites for hydroxylation is 1. The molecule has 1 fully saturated rings. The molecule has 0 N–H and O–H groups in total. The molecule has 5 heteroatoms. The van der Waals surface area contributed by atoms with Gasteiger partial charge in [-0.25, -0.2) is 0 Å². The standard InChI is InChI=1S/C29H24NO.C15H18NSi.Ir/c1-3-8-20(9-4-1)22-14-15-24-25-12-7-13-26(29(25)31-28(24)19-22)27-18-23(16-17-30-27)21-10-5-2-6-11-21;1-12-10-14(13-8-6-5-7-9-13)16-11-15(12)17(2,3)4;/h1,3-4,7-9,12,14-19,21H,2,5-6,10-11H2;5-8,10-11H,1-4H3;/q2*-1;. The summed E-state index contributed by atoms with van der Waals surface area (Å²) in [6.45, 7) is 9.24. The fourth-order valence-corrected chi connectivity index (χ4v) is 8.76. The predicted octanol–water partition coefficient (Wildman–Crippen LogP) is 11.6. The van der Waals surface area contributed by atoms with Crippen molar-refractivity contribution in [2.75, 3.05) is 0 Å². The van der Waals surface area contributed by atoms with Gasteiger partial charge >= 0.3 is 0 Å². The Kier molecular flexibility index (Phi) is 10.7. The fraction of sp³-hybridized carbons (Fsp3) is 0.227. The van der Waals surface area contributed by atoms with Crippen molar-refractivity contribution in [2.45, 2.75) is 64.6 Å². The minimum Gasteiger partial charge on any atom is -0.501 e. The Hall–Kier alpha value is -4.15. The Morgan fingerprint density at radius 2 is 1.51 bits per heavy atom. The average molecular weight is 835 g/mol. The van der Waals surface area contributed by atoms with Gasteiger partial charge in [0.05, 0.1) is 13.7 Å². The summed E-state index contributed by atoms with van der Waals surface area (Å²) in [5.41, 5.74) is 10.9. The van der Waals surface area contributed by atoms with Crippen LogP contribution in [0.15, 0.2) is 120 Å². The van der Waals surface area contributed by atoms with E-state index in [-0.39, 0.29) is 20.1 Å². The number of fused-ring (bicyclic) bond motifs is 3. The number of hydrogen-bond acceptors (Lipinski definition) is 3. The van der Waals surface area contributed by atoms with E-state index in [9.17, 15) is 0 Å². The molecule has 1 radical (unpaired) electrons. The molecule has 49 heavy (non-hydrogen) atoms. The van der Waals surface area contributed by atoms with Crippen molar-refractivity contribution in [3.05, 3.63) is 139 Å². The van der Waals surface area contributed by atoms with Crippen LogP contribution in [-0.2, 0) is 20.1 Å². The van der Waals surface area contributed by atoms with Crippen molar-refractivity contribution in [3.63, 3.8) is 0 Å². The van der Waals surface area contributed by atoms with E-state index < -0.39 is 8.07 Å². The molecule has 3 nitrogen and oxygen atoms in total. The van der Waals surface area contributed by atoms with Gasteiger partial charge in [-0.05, 0) is 65.5 Å². The van der Waals surface area contributed by atoms with E-state index in [4.69, 9.17) is 9.40 Å². The monoisotopic (exact) mass is 835 g/mol. The first-order valence-corrected chi connectivity index (χ1v) is 20.7. The minimum absolute atomic E-state index is 0. The maximum Gasteiger partial charge on any atom is 0.121 e. The molecule has 1 aliphatic carbocycles. The fourth-order valence-electron chi connectivity index (χ4n) is 7.06. The first kappa shape index (κ1) is 34.7. The zero-order valence-corrected chi connectivity index (χ0v) is 32.1. The zero-order chi connectivity index (χ0) is 33.1. The summed E-state index contributed by atoms with van der Waals surface area (Å²) in [5, 5.41) is 3.69. The quantitative estimate of drug-likeness (QED) is 0.128. The molecule has 0 aliphatic heterocycles. The maximum absolute atomic E-state index is 6.41. The van der Waals surface area contributed by atoms with Gasteiger partial charge in [0.2, 0.25) is 0 Å². The molecule has 0 amide bonds. The molecule has 0 atom stereocenters. The third-order valence-corrected chi connectivity index (χ3v) is 11.7. The summed E-state index contributed by atoms with van der Waals surface area (Å²) < 4.78 is 6.41. The molecule has 0 saturated heterocycles. The van der Waals surface area contributed by atoms with Crippen LogP contribution >= 0.6 is 0 Å². The molecule has 0 unspecified atom stereocenters. The van der Waals surface area contributed by atoms with Gasteiger partial charge in [-0.2, -0.15) is 0 Å². The van der Waals surface area contributed by atoms with E-state index in [1.807, 2.05) is 36.5 Å². The topological polar surface area (TPSA) is 38.9 Å².